The van der Waals surface area contributed by atoms with E-state index in [1.807, 2.05) is 0 Å². The number of halogens is 2. The summed E-state index contributed by atoms with van der Waals surface area (Å²) in [6.45, 7) is 6.85. The number of rotatable bonds is 5. The second kappa shape index (κ2) is 5.97. The van der Waals surface area contributed by atoms with E-state index in [0.29, 0.717) is 22.7 Å². The van der Waals surface area contributed by atoms with E-state index in [9.17, 15) is 8.78 Å². The minimum atomic E-state index is -0.324. The Morgan fingerprint density at radius 3 is 2.53 bits per heavy atom. The molecule has 0 saturated heterocycles. The topological polar surface area (TPSA) is 12.0 Å². The molecule has 1 nitrogen and oxygen atoms in total. The van der Waals surface area contributed by atoms with Gasteiger partial charge in [-0.25, -0.2) is 8.78 Å². The van der Waals surface area contributed by atoms with Crippen LogP contribution in [0.4, 0.5) is 8.78 Å². The van der Waals surface area contributed by atoms with Crippen LogP contribution in [0.25, 0.3) is 10.1 Å². The molecule has 0 aliphatic heterocycles. The van der Waals surface area contributed by atoms with E-state index in [2.05, 4.69) is 26.1 Å². The average Bonchev–Trinajstić information content (AvgIpc) is 2.72. The number of benzene rings is 1. The van der Waals surface area contributed by atoms with Crippen molar-refractivity contribution >= 4 is 21.4 Å². The highest BCUT2D eigenvalue weighted by molar-refractivity contribution is 7.19. The molecule has 0 bridgehead atoms. The van der Waals surface area contributed by atoms with Crippen LogP contribution in [0.1, 0.15) is 37.6 Å². The first-order valence-corrected chi connectivity index (χ1v) is 7.47. The van der Waals surface area contributed by atoms with Gasteiger partial charge in [0, 0.05) is 22.8 Å². The summed E-state index contributed by atoms with van der Waals surface area (Å²) < 4.78 is 28.3. The van der Waals surface area contributed by atoms with E-state index < -0.39 is 0 Å². The Labute approximate surface area is 116 Å². The molecule has 4 heteroatoms. The van der Waals surface area contributed by atoms with Gasteiger partial charge in [-0.15, -0.1) is 11.3 Å². The van der Waals surface area contributed by atoms with Crippen molar-refractivity contribution in [2.75, 3.05) is 0 Å². The fourth-order valence-corrected chi connectivity index (χ4v) is 3.41. The zero-order valence-electron chi connectivity index (χ0n) is 11.5. The number of hydrogen-bond donors (Lipinski definition) is 1. The summed E-state index contributed by atoms with van der Waals surface area (Å²) in [6.07, 6.45) is 1.71. The molecule has 0 fully saturated rings. The maximum Gasteiger partial charge on any atom is 0.141 e. The SMILES string of the molecule is CCCc1c(CNC(C)C)sc2c(F)ccc(F)c12. The van der Waals surface area contributed by atoms with Crippen LogP contribution in [0.2, 0.25) is 0 Å². The largest absolute Gasteiger partial charge is 0.310 e. The minimum absolute atomic E-state index is 0.313. The van der Waals surface area contributed by atoms with Gasteiger partial charge >= 0.3 is 0 Å². The molecule has 19 heavy (non-hydrogen) atoms. The fourth-order valence-electron chi connectivity index (χ4n) is 2.19. The summed E-state index contributed by atoms with van der Waals surface area (Å²) in [5, 5.41) is 3.81. The summed E-state index contributed by atoms with van der Waals surface area (Å²) >= 11 is 1.37. The minimum Gasteiger partial charge on any atom is -0.310 e. The van der Waals surface area contributed by atoms with Gasteiger partial charge in [0.15, 0.2) is 0 Å². The predicted molar refractivity (Wildman–Crippen MR) is 77.7 cm³/mol. The molecule has 1 heterocycles. The quantitative estimate of drug-likeness (QED) is 0.843. The maximum absolute atomic E-state index is 14.0. The Bertz CT molecular complexity index is 575. The summed E-state index contributed by atoms with van der Waals surface area (Å²) in [4.78, 5) is 1.05. The zero-order chi connectivity index (χ0) is 14.0. The lowest BCUT2D eigenvalue weighted by Crippen LogP contribution is -2.21. The van der Waals surface area contributed by atoms with Crippen LogP contribution in [-0.2, 0) is 13.0 Å². The molecule has 2 aromatic rings. The lowest BCUT2D eigenvalue weighted by atomic mass is 10.1. The molecule has 0 aliphatic carbocycles. The zero-order valence-corrected chi connectivity index (χ0v) is 12.3. The lowest BCUT2D eigenvalue weighted by Gasteiger charge is -2.08. The fraction of sp³-hybridized carbons (Fsp3) is 0.467. The highest BCUT2D eigenvalue weighted by Crippen LogP contribution is 2.35. The molecule has 0 radical (unpaired) electrons. The van der Waals surface area contributed by atoms with Crippen molar-refractivity contribution in [1.29, 1.82) is 0 Å². The molecule has 0 amide bonds. The normalized spacial score (nSPS) is 11.7. The third-order valence-electron chi connectivity index (χ3n) is 3.09. The molecular formula is C15H19F2NS. The third kappa shape index (κ3) is 2.95. The Balaban J connectivity index is 2.53. The molecular weight excluding hydrogens is 264 g/mol. The Morgan fingerprint density at radius 1 is 1.21 bits per heavy atom. The number of hydrogen-bond acceptors (Lipinski definition) is 2. The first-order valence-electron chi connectivity index (χ1n) is 6.66. The van der Waals surface area contributed by atoms with Crippen molar-refractivity contribution in [1.82, 2.24) is 5.32 Å². The van der Waals surface area contributed by atoms with Gasteiger partial charge in [0.25, 0.3) is 0 Å². The van der Waals surface area contributed by atoms with Crippen molar-refractivity contribution in [2.24, 2.45) is 0 Å². The molecule has 1 aromatic carbocycles. The van der Waals surface area contributed by atoms with E-state index in [0.717, 1.165) is 23.3 Å². The van der Waals surface area contributed by atoms with Crippen LogP contribution in [0, 0.1) is 11.6 Å². The highest BCUT2D eigenvalue weighted by atomic mass is 32.1. The molecule has 2 rings (SSSR count). The van der Waals surface area contributed by atoms with Gasteiger partial charge in [-0.3, -0.25) is 0 Å². The van der Waals surface area contributed by atoms with Crippen molar-refractivity contribution in [3.63, 3.8) is 0 Å². The second-order valence-corrected chi connectivity index (χ2v) is 6.13. The highest BCUT2D eigenvalue weighted by Gasteiger charge is 2.17. The Morgan fingerprint density at radius 2 is 1.89 bits per heavy atom. The average molecular weight is 283 g/mol. The predicted octanol–water partition coefficient (Wildman–Crippen LogP) is 4.63. The Kier molecular flexibility index (Phi) is 4.53. The molecule has 0 spiro atoms. The van der Waals surface area contributed by atoms with Gasteiger partial charge in [-0.05, 0) is 24.1 Å². The van der Waals surface area contributed by atoms with E-state index in [1.54, 1.807) is 0 Å². The van der Waals surface area contributed by atoms with Crippen LogP contribution in [0.3, 0.4) is 0 Å². The summed E-state index contributed by atoms with van der Waals surface area (Å²) in [6, 6.07) is 2.79. The summed E-state index contributed by atoms with van der Waals surface area (Å²) in [7, 11) is 0. The van der Waals surface area contributed by atoms with E-state index >= 15 is 0 Å². The number of thiophene rings is 1. The first-order chi connectivity index (χ1) is 9.04. The molecule has 0 atom stereocenters. The van der Waals surface area contributed by atoms with Gasteiger partial charge < -0.3 is 5.32 Å². The summed E-state index contributed by atoms with van der Waals surface area (Å²) in [5.74, 6) is -0.638. The summed E-state index contributed by atoms with van der Waals surface area (Å²) in [5.41, 5.74) is 0.965. The number of nitrogens with one attached hydrogen (secondary N) is 1. The van der Waals surface area contributed by atoms with Gasteiger partial charge in [-0.1, -0.05) is 27.2 Å². The second-order valence-electron chi connectivity index (χ2n) is 5.02. The van der Waals surface area contributed by atoms with E-state index in [4.69, 9.17) is 0 Å². The van der Waals surface area contributed by atoms with Gasteiger partial charge in [-0.2, -0.15) is 0 Å². The number of aryl methyl sites for hydroxylation is 1. The molecule has 1 N–H and O–H groups in total. The molecule has 0 unspecified atom stereocenters. The van der Waals surface area contributed by atoms with Crippen molar-refractivity contribution < 1.29 is 8.78 Å². The molecule has 104 valence electrons. The van der Waals surface area contributed by atoms with Gasteiger partial charge in [0.05, 0.1) is 4.70 Å². The number of fused-ring (bicyclic) bond motifs is 1. The molecule has 0 aliphatic rings. The van der Waals surface area contributed by atoms with E-state index in [-0.39, 0.29) is 11.6 Å². The maximum atomic E-state index is 14.0. The standard InChI is InChI=1S/C15H19F2NS/c1-4-5-10-13(8-18-9(2)3)19-15-12(17)7-6-11(16)14(10)15/h6-7,9,18H,4-5,8H2,1-3H3. The van der Waals surface area contributed by atoms with Crippen LogP contribution < -0.4 is 5.32 Å². The Hall–Kier alpha value is -1.00. The smallest absolute Gasteiger partial charge is 0.141 e. The lowest BCUT2D eigenvalue weighted by molar-refractivity contribution is 0.590. The molecule has 0 saturated carbocycles. The van der Waals surface area contributed by atoms with Crippen LogP contribution >= 0.6 is 11.3 Å². The van der Waals surface area contributed by atoms with Crippen LogP contribution in [-0.4, -0.2) is 6.04 Å². The van der Waals surface area contributed by atoms with Crippen LogP contribution in [0.5, 0.6) is 0 Å². The van der Waals surface area contributed by atoms with E-state index in [1.165, 1.54) is 23.5 Å². The van der Waals surface area contributed by atoms with Crippen LogP contribution in [0.15, 0.2) is 12.1 Å². The monoisotopic (exact) mass is 283 g/mol. The first kappa shape index (κ1) is 14.4. The van der Waals surface area contributed by atoms with Gasteiger partial charge in [0.2, 0.25) is 0 Å². The third-order valence-corrected chi connectivity index (χ3v) is 4.33. The van der Waals surface area contributed by atoms with Crippen molar-refractivity contribution in [3.8, 4) is 0 Å². The van der Waals surface area contributed by atoms with Gasteiger partial charge in [0.1, 0.15) is 11.6 Å². The molecule has 1 aromatic heterocycles. The van der Waals surface area contributed by atoms with Crippen molar-refractivity contribution in [2.45, 2.75) is 46.2 Å². The van der Waals surface area contributed by atoms with Crippen molar-refractivity contribution in [3.05, 3.63) is 34.2 Å².